The zero-order chi connectivity index (χ0) is 12.2. The Labute approximate surface area is 93.8 Å². The Bertz CT molecular complexity index is 411. The van der Waals surface area contributed by atoms with Crippen LogP contribution in [0.1, 0.15) is 33.0 Å². The van der Waals surface area contributed by atoms with Crippen LogP contribution in [0.3, 0.4) is 0 Å². The molecule has 1 heterocycles. The summed E-state index contributed by atoms with van der Waals surface area (Å²) in [7, 11) is 0. The van der Waals surface area contributed by atoms with Gasteiger partial charge in [-0.25, -0.2) is 4.98 Å². The molecule has 0 spiro atoms. The van der Waals surface area contributed by atoms with Gasteiger partial charge in [0.15, 0.2) is 0 Å². The lowest BCUT2D eigenvalue weighted by Crippen LogP contribution is -2.24. The van der Waals surface area contributed by atoms with E-state index in [9.17, 15) is 4.79 Å². The van der Waals surface area contributed by atoms with Gasteiger partial charge in [-0.05, 0) is 20.8 Å². The van der Waals surface area contributed by atoms with E-state index in [0.29, 0.717) is 6.54 Å². The van der Waals surface area contributed by atoms with E-state index < -0.39 is 5.60 Å². The molecule has 1 aromatic heterocycles. The van der Waals surface area contributed by atoms with Crippen molar-refractivity contribution in [2.45, 2.75) is 39.3 Å². The van der Waals surface area contributed by atoms with E-state index in [1.165, 1.54) is 11.0 Å². The van der Waals surface area contributed by atoms with Crippen molar-refractivity contribution in [2.24, 2.45) is 0 Å². The molecule has 0 N–H and O–H groups in total. The zero-order valence-electron chi connectivity index (χ0n) is 9.60. The second-order valence-electron chi connectivity index (χ2n) is 4.28. The molecule has 0 unspecified atom stereocenters. The molecule has 0 bridgehead atoms. The van der Waals surface area contributed by atoms with Gasteiger partial charge in [-0.3, -0.25) is 9.48 Å². The van der Waals surface area contributed by atoms with Crippen molar-refractivity contribution in [3.63, 3.8) is 0 Å². The van der Waals surface area contributed by atoms with Crippen LogP contribution in [0.15, 0.2) is 6.33 Å². The van der Waals surface area contributed by atoms with Gasteiger partial charge in [0.1, 0.15) is 18.0 Å². The molecule has 1 rings (SSSR count). The molecule has 0 atom stereocenters. The highest BCUT2D eigenvalue weighted by molar-refractivity contribution is 5.69. The maximum atomic E-state index is 11.4. The number of esters is 1. The van der Waals surface area contributed by atoms with E-state index in [2.05, 4.69) is 10.1 Å². The van der Waals surface area contributed by atoms with Crippen molar-refractivity contribution in [1.82, 2.24) is 14.8 Å². The van der Waals surface area contributed by atoms with Gasteiger partial charge in [-0.1, -0.05) is 0 Å². The summed E-state index contributed by atoms with van der Waals surface area (Å²) in [4.78, 5) is 15.1. The summed E-state index contributed by atoms with van der Waals surface area (Å²) >= 11 is 0. The fourth-order valence-corrected chi connectivity index (χ4v) is 1.05. The topological polar surface area (TPSA) is 80.8 Å². The van der Waals surface area contributed by atoms with Crippen LogP contribution in [-0.4, -0.2) is 26.3 Å². The molecular weight excluding hydrogens is 208 g/mol. The summed E-state index contributed by atoms with van der Waals surface area (Å²) in [6, 6.07) is 1.81. The smallest absolute Gasteiger partial charge is 0.308 e. The number of ether oxygens (including phenoxy) is 1. The number of nitrogens with zero attached hydrogens (tertiary/aromatic N) is 4. The number of hydrogen-bond acceptors (Lipinski definition) is 5. The van der Waals surface area contributed by atoms with Gasteiger partial charge in [-0.15, -0.1) is 5.10 Å². The number of aryl methyl sites for hydroxylation is 1. The Morgan fingerprint density at radius 1 is 1.62 bits per heavy atom. The lowest BCUT2D eigenvalue weighted by Gasteiger charge is -2.19. The second kappa shape index (κ2) is 4.75. The first-order valence-corrected chi connectivity index (χ1v) is 4.92. The van der Waals surface area contributed by atoms with Crippen molar-refractivity contribution in [2.75, 3.05) is 0 Å². The van der Waals surface area contributed by atoms with Crippen LogP contribution in [0.25, 0.3) is 0 Å². The number of rotatable bonds is 3. The molecule has 0 radical (unpaired) electrons. The van der Waals surface area contributed by atoms with Gasteiger partial charge in [0.05, 0.1) is 13.0 Å². The molecule has 0 fully saturated rings. The Kier molecular flexibility index (Phi) is 3.61. The second-order valence-corrected chi connectivity index (χ2v) is 4.28. The van der Waals surface area contributed by atoms with Gasteiger partial charge in [0.25, 0.3) is 5.82 Å². The minimum absolute atomic E-state index is 0.101. The first-order valence-electron chi connectivity index (χ1n) is 4.92. The van der Waals surface area contributed by atoms with Crippen LogP contribution < -0.4 is 0 Å². The minimum Gasteiger partial charge on any atom is -0.460 e. The Balaban J connectivity index is 2.41. The highest BCUT2D eigenvalue weighted by Gasteiger charge is 2.16. The number of nitriles is 1. The summed E-state index contributed by atoms with van der Waals surface area (Å²) < 4.78 is 6.57. The molecule has 0 aliphatic heterocycles. The molecule has 0 amide bonds. The molecule has 86 valence electrons. The summed E-state index contributed by atoms with van der Waals surface area (Å²) in [5.41, 5.74) is -0.475. The molecule has 1 aromatic rings. The molecular formula is C10H14N4O2. The Hall–Kier alpha value is -1.90. The van der Waals surface area contributed by atoms with E-state index in [1.54, 1.807) is 0 Å². The van der Waals surface area contributed by atoms with Gasteiger partial charge in [0, 0.05) is 0 Å². The van der Waals surface area contributed by atoms with E-state index in [1.807, 2.05) is 26.8 Å². The van der Waals surface area contributed by atoms with Crippen molar-refractivity contribution >= 4 is 5.97 Å². The van der Waals surface area contributed by atoms with E-state index >= 15 is 0 Å². The van der Waals surface area contributed by atoms with Crippen molar-refractivity contribution < 1.29 is 9.53 Å². The lowest BCUT2D eigenvalue weighted by atomic mass is 10.2. The molecule has 0 aliphatic carbocycles. The zero-order valence-corrected chi connectivity index (χ0v) is 9.60. The maximum Gasteiger partial charge on any atom is 0.308 e. The van der Waals surface area contributed by atoms with Gasteiger partial charge < -0.3 is 4.74 Å². The molecule has 0 aromatic carbocycles. The molecule has 0 aliphatic rings. The molecule has 6 heteroatoms. The number of carbonyl (C=O) groups is 1. The average Bonchev–Trinajstić information content (AvgIpc) is 2.59. The van der Waals surface area contributed by atoms with Crippen LogP contribution in [0.4, 0.5) is 0 Å². The first-order chi connectivity index (χ1) is 7.40. The SMILES string of the molecule is CC(C)(C)OC(=O)CCn1cnc(C#N)n1. The van der Waals surface area contributed by atoms with Gasteiger partial charge in [-0.2, -0.15) is 5.26 Å². The molecule has 16 heavy (non-hydrogen) atoms. The van der Waals surface area contributed by atoms with Crippen LogP contribution in [0.5, 0.6) is 0 Å². The van der Waals surface area contributed by atoms with Crippen LogP contribution in [0, 0.1) is 11.3 Å². The van der Waals surface area contributed by atoms with E-state index in [4.69, 9.17) is 10.00 Å². The molecule has 0 saturated heterocycles. The van der Waals surface area contributed by atoms with E-state index in [0.717, 1.165) is 0 Å². The van der Waals surface area contributed by atoms with E-state index in [-0.39, 0.29) is 18.2 Å². The Morgan fingerprint density at radius 2 is 2.31 bits per heavy atom. The highest BCUT2D eigenvalue weighted by atomic mass is 16.6. The van der Waals surface area contributed by atoms with Crippen molar-refractivity contribution in [3.05, 3.63) is 12.2 Å². The third-order valence-corrected chi connectivity index (χ3v) is 1.60. The first kappa shape index (κ1) is 12.2. The fraction of sp³-hybridized carbons (Fsp3) is 0.600. The monoisotopic (exact) mass is 222 g/mol. The van der Waals surface area contributed by atoms with Crippen molar-refractivity contribution in [3.8, 4) is 6.07 Å². The Morgan fingerprint density at radius 3 is 2.81 bits per heavy atom. The van der Waals surface area contributed by atoms with Crippen LogP contribution in [0.2, 0.25) is 0 Å². The third-order valence-electron chi connectivity index (χ3n) is 1.60. The number of aromatic nitrogens is 3. The average molecular weight is 222 g/mol. The predicted octanol–water partition coefficient (Wildman–Crippen LogP) is 0.882. The lowest BCUT2D eigenvalue weighted by molar-refractivity contribution is -0.155. The fourth-order valence-electron chi connectivity index (χ4n) is 1.05. The minimum atomic E-state index is -0.475. The number of carbonyl (C=O) groups excluding carboxylic acids is 1. The summed E-state index contributed by atoms with van der Waals surface area (Å²) in [5, 5.41) is 12.3. The maximum absolute atomic E-state index is 11.4. The summed E-state index contributed by atoms with van der Waals surface area (Å²) in [5.74, 6) is -0.189. The van der Waals surface area contributed by atoms with Crippen molar-refractivity contribution in [1.29, 1.82) is 5.26 Å². The predicted molar refractivity (Wildman–Crippen MR) is 55.2 cm³/mol. The van der Waals surface area contributed by atoms with Gasteiger partial charge in [0.2, 0.25) is 0 Å². The molecule has 6 nitrogen and oxygen atoms in total. The number of hydrogen-bond donors (Lipinski definition) is 0. The molecule has 0 saturated carbocycles. The third kappa shape index (κ3) is 4.09. The standard InChI is InChI=1S/C10H14N4O2/c1-10(2,3)16-9(15)4-5-14-7-12-8(6-11)13-14/h7H,4-5H2,1-3H3. The van der Waals surface area contributed by atoms with Gasteiger partial charge >= 0.3 is 5.97 Å². The largest absolute Gasteiger partial charge is 0.460 e. The quantitative estimate of drug-likeness (QED) is 0.709. The van der Waals surface area contributed by atoms with Crippen LogP contribution in [-0.2, 0) is 16.1 Å². The summed E-state index contributed by atoms with van der Waals surface area (Å²) in [6.07, 6.45) is 1.63. The normalized spacial score (nSPS) is 10.9. The van der Waals surface area contributed by atoms with Crippen LogP contribution >= 0.6 is 0 Å². The summed E-state index contributed by atoms with van der Waals surface area (Å²) in [6.45, 7) is 5.81. The highest BCUT2D eigenvalue weighted by Crippen LogP contribution is 2.08.